The lowest BCUT2D eigenvalue weighted by Gasteiger charge is -2.10. The molecule has 0 amide bonds. The highest BCUT2D eigenvalue weighted by molar-refractivity contribution is 14.1. The van der Waals surface area contributed by atoms with Crippen molar-refractivity contribution in [2.75, 3.05) is 4.72 Å². The van der Waals surface area contributed by atoms with Crippen LogP contribution >= 0.6 is 22.6 Å². The highest BCUT2D eigenvalue weighted by Gasteiger charge is 2.21. The molecule has 8 heteroatoms. The van der Waals surface area contributed by atoms with Crippen LogP contribution in [0.2, 0.25) is 0 Å². The molecule has 0 saturated heterocycles. The number of hydrogen-bond acceptors (Lipinski definition) is 3. The van der Waals surface area contributed by atoms with Gasteiger partial charge >= 0.3 is 5.97 Å². The Hall–Kier alpha value is -1.68. The standard InChI is InChI=1S/C13H9FINO4S/c14-9-7-8(13(17)18)5-6-12(9)21(19,20)16-11-4-2-1-3-10(11)15/h1-7,16H,(H,17,18). The van der Waals surface area contributed by atoms with Crippen LogP contribution in [0.25, 0.3) is 0 Å². The Kier molecular flexibility index (Phi) is 4.47. The first-order chi connectivity index (χ1) is 9.81. The zero-order valence-electron chi connectivity index (χ0n) is 10.4. The van der Waals surface area contributed by atoms with Crippen molar-refractivity contribution >= 4 is 44.3 Å². The molecule has 5 nitrogen and oxygen atoms in total. The highest BCUT2D eigenvalue weighted by atomic mass is 127. The number of aromatic carboxylic acids is 1. The molecular weight excluding hydrogens is 412 g/mol. The number of para-hydroxylation sites is 1. The summed E-state index contributed by atoms with van der Waals surface area (Å²) in [5, 5.41) is 8.74. The number of benzene rings is 2. The number of hydrogen-bond donors (Lipinski definition) is 2. The molecule has 2 aromatic rings. The Labute approximate surface area is 134 Å². The molecule has 0 heterocycles. The maximum atomic E-state index is 13.8. The summed E-state index contributed by atoms with van der Waals surface area (Å²) in [4.78, 5) is 10.1. The highest BCUT2D eigenvalue weighted by Crippen LogP contribution is 2.23. The molecule has 0 saturated carbocycles. The Bertz CT molecular complexity index is 808. The van der Waals surface area contributed by atoms with Gasteiger partial charge in [0.15, 0.2) is 0 Å². The van der Waals surface area contributed by atoms with E-state index in [-0.39, 0.29) is 5.56 Å². The summed E-state index contributed by atoms with van der Waals surface area (Å²) in [7, 11) is -4.13. The van der Waals surface area contributed by atoms with E-state index in [4.69, 9.17) is 5.11 Å². The van der Waals surface area contributed by atoms with Gasteiger partial charge in [-0.1, -0.05) is 12.1 Å². The lowest BCUT2D eigenvalue weighted by molar-refractivity contribution is 0.0696. The molecule has 2 aromatic carbocycles. The third-order valence-corrected chi connectivity index (χ3v) is 4.93. The second-order valence-corrected chi connectivity index (χ2v) is 6.85. The van der Waals surface area contributed by atoms with Crippen molar-refractivity contribution in [2.24, 2.45) is 0 Å². The van der Waals surface area contributed by atoms with Crippen LogP contribution in [0.1, 0.15) is 10.4 Å². The molecule has 0 aliphatic rings. The summed E-state index contributed by atoms with van der Waals surface area (Å²) in [6.07, 6.45) is 0. The fourth-order valence-electron chi connectivity index (χ4n) is 1.60. The largest absolute Gasteiger partial charge is 0.478 e. The van der Waals surface area contributed by atoms with E-state index in [1.54, 1.807) is 24.3 Å². The number of nitrogens with one attached hydrogen (secondary N) is 1. The smallest absolute Gasteiger partial charge is 0.335 e. The van der Waals surface area contributed by atoms with Crippen molar-refractivity contribution in [2.45, 2.75) is 4.90 Å². The van der Waals surface area contributed by atoms with Gasteiger partial charge in [0.2, 0.25) is 0 Å². The van der Waals surface area contributed by atoms with Crippen LogP contribution in [0, 0.1) is 9.39 Å². The fraction of sp³-hybridized carbons (Fsp3) is 0. The summed E-state index contributed by atoms with van der Waals surface area (Å²) < 4.78 is 41.1. The zero-order valence-corrected chi connectivity index (χ0v) is 13.4. The Balaban J connectivity index is 2.41. The number of anilines is 1. The van der Waals surface area contributed by atoms with Crippen LogP contribution in [0.15, 0.2) is 47.4 Å². The topological polar surface area (TPSA) is 83.5 Å². The van der Waals surface area contributed by atoms with Gasteiger partial charge in [0.05, 0.1) is 11.3 Å². The maximum Gasteiger partial charge on any atom is 0.335 e. The van der Waals surface area contributed by atoms with Crippen LogP contribution in [-0.2, 0) is 10.0 Å². The van der Waals surface area contributed by atoms with Crippen molar-refractivity contribution in [3.05, 3.63) is 57.4 Å². The summed E-state index contributed by atoms with van der Waals surface area (Å²) in [5.41, 5.74) is 0.000512. The number of carbonyl (C=O) groups is 1. The van der Waals surface area contributed by atoms with Crippen LogP contribution in [-0.4, -0.2) is 19.5 Å². The SMILES string of the molecule is O=C(O)c1ccc(S(=O)(=O)Nc2ccccc2I)c(F)c1. The molecular formula is C13H9FINO4S. The summed E-state index contributed by atoms with van der Waals surface area (Å²) >= 11 is 1.94. The molecule has 0 aliphatic heterocycles. The number of carboxylic acid groups (broad SMARTS) is 1. The molecule has 0 spiro atoms. The van der Waals surface area contributed by atoms with Crippen LogP contribution < -0.4 is 4.72 Å². The molecule has 0 aromatic heterocycles. The van der Waals surface area contributed by atoms with Gasteiger partial charge in [-0.2, -0.15) is 0 Å². The van der Waals surface area contributed by atoms with E-state index < -0.39 is 26.7 Å². The van der Waals surface area contributed by atoms with Crippen molar-refractivity contribution in [3.63, 3.8) is 0 Å². The molecule has 0 radical (unpaired) electrons. The third-order valence-electron chi connectivity index (χ3n) is 2.59. The van der Waals surface area contributed by atoms with Crippen molar-refractivity contribution < 1.29 is 22.7 Å². The quantitative estimate of drug-likeness (QED) is 0.744. The molecule has 0 unspecified atom stereocenters. The molecule has 0 fully saturated rings. The van der Waals surface area contributed by atoms with Crippen LogP contribution in [0.4, 0.5) is 10.1 Å². The minimum Gasteiger partial charge on any atom is -0.478 e. The lowest BCUT2D eigenvalue weighted by Crippen LogP contribution is -2.15. The van der Waals surface area contributed by atoms with E-state index in [9.17, 15) is 17.6 Å². The summed E-state index contributed by atoms with van der Waals surface area (Å²) in [5.74, 6) is -2.45. The first kappa shape index (κ1) is 15.7. The number of rotatable bonds is 4. The van der Waals surface area contributed by atoms with Gasteiger partial charge in [-0.25, -0.2) is 17.6 Å². The number of sulfonamides is 1. The molecule has 2 N–H and O–H groups in total. The lowest BCUT2D eigenvalue weighted by atomic mass is 10.2. The minimum absolute atomic E-state index is 0.319. The first-order valence-corrected chi connectivity index (χ1v) is 8.17. The molecule has 0 atom stereocenters. The van der Waals surface area contributed by atoms with Gasteiger partial charge in [-0.3, -0.25) is 4.72 Å². The number of carboxylic acids is 1. The molecule has 0 aliphatic carbocycles. The molecule has 0 bridgehead atoms. The Morgan fingerprint density at radius 3 is 2.43 bits per heavy atom. The summed E-state index contributed by atoms with van der Waals surface area (Å²) in [6, 6.07) is 9.26. The first-order valence-electron chi connectivity index (χ1n) is 5.61. The average molecular weight is 421 g/mol. The monoisotopic (exact) mass is 421 g/mol. The van der Waals surface area contributed by atoms with Gasteiger partial charge in [-0.05, 0) is 52.9 Å². The second-order valence-electron chi connectivity index (χ2n) is 4.04. The van der Waals surface area contributed by atoms with E-state index in [0.29, 0.717) is 15.3 Å². The third kappa shape index (κ3) is 3.50. The van der Waals surface area contributed by atoms with E-state index in [1.807, 2.05) is 22.6 Å². The maximum absolute atomic E-state index is 13.8. The van der Waals surface area contributed by atoms with E-state index in [0.717, 1.165) is 12.1 Å². The molecule has 21 heavy (non-hydrogen) atoms. The van der Waals surface area contributed by atoms with Crippen molar-refractivity contribution in [3.8, 4) is 0 Å². The van der Waals surface area contributed by atoms with Crippen molar-refractivity contribution in [1.82, 2.24) is 0 Å². The minimum atomic E-state index is -4.13. The Morgan fingerprint density at radius 2 is 1.86 bits per heavy atom. The van der Waals surface area contributed by atoms with E-state index >= 15 is 0 Å². The van der Waals surface area contributed by atoms with Gasteiger partial charge in [0.1, 0.15) is 10.7 Å². The average Bonchev–Trinajstić information content (AvgIpc) is 2.40. The van der Waals surface area contributed by atoms with Gasteiger partial charge < -0.3 is 5.11 Å². The number of halogens is 2. The van der Waals surface area contributed by atoms with Crippen molar-refractivity contribution in [1.29, 1.82) is 0 Å². The summed E-state index contributed by atoms with van der Waals surface area (Å²) in [6.45, 7) is 0. The molecule has 2 rings (SSSR count). The van der Waals surface area contributed by atoms with E-state index in [2.05, 4.69) is 4.72 Å². The van der Waals surface area contributed by atoms with Crippen LogP contribution in [0.3, 0.4) is 0 Å². The normalized spacial score (nSPS) is 11.1. The second kappa shape index (κ2) is 5.98. The zero-order chi connectivity index (χ0) is 15.6. The van der Waals surface area contributed by atoms with Crippen LogP contribution in [0.5, 0.6) is 0 Å². The predicted molar refractivity (Wildman–Crippen MR) is 83.3 cm³/mol. The predicted octanol–water partition coefficient (Wildman–Crippen LogP) is 2.93. The van der Waals surface area contributed by atoms with E-state index in [1.165, 1.54) is 0 Å². The van der Waals surface area contributed by atoms with Gasteiger partial charge in [0, 0.05) is 3.57 Å². The Morgan fingerprint density at radius 1 is 1.19 bits per heavy atom. The van der Waals surface area contributed by atoms with Gasteiger partial charge in [0.25, 0.3) is 10.0 Å². The van der Waals surface area contributed by atoms with Gasteiger partial charge in [-0.15, -0.1) is 0 Å². The molecule has 110 valence electrons. The fourth-order valence-corrected chi connectivity index (χ4v) is 3.44.